The van der Waals surface area contributed by atoms with Gasteiger partial charge in [-0.25, -0.2) is 0 Å². The molecule has 0 bridgehead atoms. The zero-order valence-corrected chi connectivity index (χ0v) is 15.9. The van der Waals surface area contributed by atoms with E-state index >= 15 is 0 Å². The first-order chi connectivity index (χ1) is 13.4. The van der Waals surface area contributed by atoms with Crippen molar-refractivity contribution in [1.29, 1.82) is 0 Å². The van der Waals surface area contributed by atoms with Gasteiger partial charge >= 0.3 is 0 Å². The summed E-state index contributed by atoms with van der Waals surface area (Å²) in [6, 6.07) is 35.2. The zero-order chi connectivity index (χ0) is 18.1. The zero-order valence-electron chi connectivity index (χ0n) is 15.1. The fraction of sp³-hybridized carbons (Fsp3) is 0.0769. The maximum atomic E-state index is 2.36. The minimum Gasteiger partial charge on any atom is -0.135 e. The van der Waals surface area contributed by atoms with Gasteiger partial charge in [0.25, 0.3) is 0 Å². The van der Waals surface area contributed by atoms with Gasteiger partial charge in [-0.2, -0.15) is 0 Å². The highest BCUT2D eigenvalue weighted by molar-refractivity contribution is 7.26. The summed E-state index contributed by atoms with van der Waals surface area (Å²) >= 11 is 1.90. The van der Waals surface area contributed by atoms with Gasteiger partial charge in [-0.15, -0.1) is 11.3 Å². The van der Waals surface area contributed by atoms with Crippen molar-refractivity contribution in [2.45, 2.75) is 12.8 Å². The van der Waals surface area contributed by atoms with Crippen LogP contribution in [0.1, 0.15) is 11.1 Å². The van der Waals surface area contributed by atoms with E-state index in [0.29, 0.717) is 0 Å². The fourth-order valence-corrected chi connectivity index (χ4v) is 5.04. The van der Waals surface area contributed by atoms with Crippen LogP contribution in [0.5, 0.6) is 0 Å². The Morgan fingerprint density at radius 1 is 0.556 bits per heavy atom. The van der Waals surface area contributed by atoms with E-state index in [0.717, 1.165) is 12.8 Å². The third kappa shape index (κ3) is 3.15. The summed E-state index contributed by atoms with van der Waals surface area (Å²) in [5, 5.41) is 2.72. The van der Waals surface area contributed by atoms with Crippen LogP contribution in [0.3, 0.4) is 0 Å². The average Bonchev–Trinajstić information content (AvgIpc) is 3.12. The average molecular weight is 365 g/mol. The molecule has 0 saturated carbocycles. The molecule has 0 aliphatic carbocycles. The van der Waals surface area contributed by atoms with Crippen molar-refractivity contribution in [2.24, 2.45) is 0 Å². The molecule has 0 saturated heterocycles. The Labute approximate surface area is 163 Å². The number of hydrogen-bond donors (Lipinski definition) is 0. The third-order valence-corrected chi connectivity index (χ3v) is 6.41. The molecule has 0 aliphatic heterocycles. The molecular formula is C26H20S. The van der Waals surface area contributed by atoms with Crippen LogP contribution in [0, 0.1) is 0 Å². The second-order valence-electron chi connectivity index (χ2n) is 6.97. The van der Waals surface area contributed by atoms with E-state index in [2.05, 4.69) is 97.1 Å². The Morgan fingerprint density at radius 3 is 2.19 bits per heavy atom. The first-order valence-electron chi connectivity index (χ1n) is 9.42. The molecule has 0 fully saturated rings. The monoisotopic (exact) mass is 364 g/mol. The minimum atomic E-state index is 1.07. The van der Waals surface area contributed by atoms with Crippen molar-refractivity contribution in [2.75, 3.05) is 0 Å². The van der Waals surface area contributed by atoms with Gasteiger partial charge in [0.2, 0.25) is 0 Å². The van der Waals surface area contributed by atoms with Gasteiger partial charge in [-0.05, 0) is 41.2 Å². The van der Waals surface area contributed by atoms with Gasteiger partial charge in [0, 0.05) is 20.2 Å². The van der Waals surface area contributed by atoms with Gasteiger partial charge < -0.3 is 0 Å². The second kappa shape index (κ2) is 7.02. The van der Waals surface area contributed by atoms with Crippen LogP contribution in [-0.2, 0) is 12.8 Å². The van der Waals surface area contributed by atoms with Crippen LogP contribution >= 0.6 is 11.3 Å². The van der Waals surface area contributed by atoms with Crippen molar-refractivity contribution < 1.29 is 0 Å². The molecular weight excluding hydrogens is 344 g/mol. The van der Waals surface area contributed by atoms with Crippen molar-refractivity contribution in [3.63, 3.8) is 0 Å². The maximum Gasteiger partial charge on any atom is 0.0433 e. The Morgan fingerprint density at radius 2 is 1.26 bits per heavy atom. The highest BCUT2D eigenvalue weighted by Gasteiger charge is 2.10. The van der Waals surface area contributed by atoms with E-state index in [9.17, 15) is 0 Å². The van der Waals surface area contributed by atoms with Crippen LogP contribution in [0.4, 0.5) is 0 Å². The molecule has 0 amide bonds. The van der Waals surface area contributed by atoms with Crippen molar-refractivity contribution >= 4 is 31.5 Å². The predicted molar refractivity (Wildman–Crippen MR) is 119 cm³/mol. The van der Waals surface area contributed by atoms with E-state index in [1.807, 2.05) is 11.3 Å². The molecule has 0 nitrogen and oxygen atoms in total. The van der Waals surface area contributed by atoms with Crippen LogP contribution in [0.2, 0.25) is 0 Å². The van der Waals surface area contributed by atoms with Gasteiger partial charge in [-0.3, -0.25) is 0 Å². The first kappa shape index (κ1) is 16.3. The molecule has 0 atom stereocenters. The van der Waals surface area contributed by atoms with Crippen LogP contribution in [0.15, 0.2) is 97.1 Å². The number of hydrogen-bond acceptors (Lipinski definition) is 1. The lowest BCUT2D eigenvalue weighted by Crippen LogP contribution is -1.91. The molecule has 1 aromatic heterocycles. The van der Waals surface area contributed by atoms with Gasteiger partial charge in [0.1, 0.15) is 0 Å². The molecule has 0 N–H and O–H groups in total. The first-order valence-corrected chi connectivity index (χ1v) is 10.2. The minimum absolute atomic E-state index is 1.07. The summed E-state index contributed by atoms with van der Waals surface area (Å²) in [5.74, 6) is 0. The van der Waals surface area contributed by atoms with E-state index < -0.39 is 0 Å². The lowest BCUT2D eigenvalue weighted by atomic mass is 9.98. The standard InChI is InChI=1S/C26H20S/c1-2-8-19(9-3-1)16-17-20-10-6-11-21(18-20)22-13-7-14-24-23-12-4-5-15-25(23)27-26(22)24/h1-15,18H,16-17H2. The van der Waals surface area contributed by atoms with E-state index in [4.69, 9.17) is 0 Å². The van der Waals surface area contributed by atoms with Crippen molar-refractivity contribution in [3.05, 3.63) is 108 Å². The third-order valence-electron chi connectivity index (χ3n) is 5.19. The predicted octanol–water partition coefficient (Wildman–Crippen LogP) is 7.51. The number of fused-ring (bicyclic) bond motifs is 3. The van der Waals surface area contributed by atoms with E-state index in [1.54, 1.807) is 0 Å². The molecule has 130 valence electrons. The summed E-state index contributed by atoms with van der Waals surface area (Å²) in [6.45, 7) is 0. The SMILES string of the molecule is c1ccc(CCc2cccc(-c3cccc4c3sc3ccccc34)c2)cc1. The highest BCUT2D eigenvalue weighted by Crippen LogP contribution is 2.39. The number of aryl methyl sites for hydroxylation is 2. The summed E-state index contributed by atoms with van der Waals surface area (Å²) in [7, 11) is 0. The lowest BCUT2D eigenvalue weighted by molar-refractivity contribution is 0.961. The molecule has 0 unspecified atom stereocenters. The summed E-state index contributed by atoms with van der Waals surface area (Å²) in [5.41, 5.74) is 5.46. The van der Waals surface area contributed by atoms with Gasteiger partial charge in [0.05, 0.1) is 0 Å². The molecule has 0 spiro atoms. The fourth-order valence-electron chi connectivity index (χ4n) is 3.80. The van der Waals surface area contributed by atoms with Crippen molar-refractivity contribution in [1.82, 2.24) is 0 Å². The lowest BCUT2D eigenvalue weighted by Gasteiger charge is -2.07. The van der Waals surface area contributed by atoms with Gasteiger partial charge in [0.15, 0.2) is 0 Å². The largest absolute Gasteiger partial charge is 0.135 e. The number of thiophene rings is 1. The second-order valence-corrected chi connectivity index (χ2v) is 8.02. The van der Waals surface area contributed by atoms with E-state index in [1.165, 1.54) is 42.4 Å². The molecule has 5 aromatic rings. The molecule has 0 radical (unpaired) electrons. The summed E-state index contributed by atoms with van der Waals surface area (Å²) < 4.78 is 2.75. The van der Waals surface area contributed by atoms with Crippen LogP contribution in [0.25, 0.3) is 31.3 Å². The normalized spacial score (nSPS) is 11.3. The maximum absolute atomic E-state index is 2.36. The number of rotatable bonds is 4. The molecule has 0 aliphatic rings. The molecule has 1 heterocycles. The topological polar surface area (TPSA) is 0 Å². The molecule has 4 aromatic carbocycles. The number of benzene rings is 4. The molecule has 5 rings (SSSR count). The summed E-state index contributed by atoms with van der Waals surface area (Å²) in [6.07, 6.45) is 2.15. The quantitative estimate of drug-likeness (QED) is 0.309. The molecule has 1 heteroatoms. The highest BCUT2D eigenvalue weighted by atomic mass is 32.1. The van der Waals surface area contributed by atoms with Crippen molar-refractivity contribution in [3.8, 4) is 11.1 Å². The van der Waals surface area contributed by atoms with Crippen LogP contribution in [-0.4, -0.2) is 0 Å². The molecule has 27 heavy (non-hydrogen) atoms. The Bertz CT molecular complexity index is 1210. The Hall–Kier alpha value is -2.90. The van der Waals surface area contributed by atoms with Gasteiger partial charge in [-0.1, -0.05) is 91.0 Å². The smallest absolute Gasteiger partial charge is 0.0433 e. The Balaban J connectivity index is 1.53. The Kier molecular flexibility index (Phi) is 4.23. The van der Waals surface area contributed by atoms with E-state index in [-0.39, 0.29) is 0 Å². The van der Waals surface area contributed by atoms with Crippen LogP contribution < -0.4 is 0 Å². The summed E-state index contributed by atoms with van der Waals surface area (Å²) in [4.78, 5) is 0.